The van der Waals surface area contributed by atoms with Gasteiger partial charge in [-0.3, -0.25) is 0 Å². The first-order chi connectivity index (χ1) is 3.39. The molecule has 1 aliphatic rings. The van der Waals surface area contributed by atoms with Crippen molar-refractivity contribution in [2.24, 2.45) is 0 Å². The van der Waals surface area contributed by atoms with Gasteiger partial charge in [0.05, 0.1) is 0 Å². The van der Waals surface area contributed by atoms with Gasteiger partial charge < -0.3 is 9.47 Å². The number of carbonyl (C=O) groups is 1. The monoisotopic (exact) mass is 100 g/mol. The third-order valence-corrected chi connectivity index (χ3v) is 0.552. The van der Waals surface area contributed by atoms with Crippen molar-refractivity contribution in [3.63, 3.8) is 0 Å². The van der Waals surface area contributed by atoms with E-state index in [1.807, 2.05) is 0 Å². The molecule has 1 rings (SSSR count). The maximum absolute atomic E-state index is 10.1. The zero-order chi connectivity index (χ0) is 5.11. The van der Waals surface area contributed by atoms with E-state index in [0.29, 0.717) is 0 Å². The van der Waals surface area contributed by atoms with Crippen LogP contribution in [0.25, 0.3) is 0 Å². The fourth-order valence-electron chi connectivity index (χ4n) is 0.293. The Morgan fingerprint density at radius 2 is 2.43 bits per heavy atom. The third kappa shape index (κ3) is 0.924. The van der Waals surface area contributed by atoms with E-state index in [1.165, 1.54) is 12.5 Å². The molecule has 0 N–H and O–H groups in total. The summed E-state index contributed by atoms with van der Waals surface area (Å²) >= 11 is 0. The summed E-state index contributed by atoms with van der Waals surface area (Å²) in [4.78, 5) is 10.1. The van der Waals surface area contributed by atoms with Crippen LogP contribution in [0.3, 0.4) is 0 Å². The smallest absolute Gasteiger partial charge is 0.349 e. The summed E-state index contributed by atoms with van der Waals surface area (Å²) < 4.78 is 8.86. The highest BCUT2D eigenvalue weighted by Crippen LogP contribution is 1.90. The molecule has 3 nitrogen and oxygen atoms in total. The van der Waals surface area contributed by atoms with Crippen LogP contribution in [0.2, 0.25) is 0 Å². The second kappa shape index (κ2) is 1.64. The first-order valence-electron chi connectivity index (χ1n) is 1.86. The van der Waals surface area contributed by atoms with Crippen LogP contribution in [0.15, 0.2) is 12.5 Å². The molecule has 0 saturated carbocycles. The van der Waals surface area contributed by atoms with Crippen molar-refractivity contribution in [2.75, 3.05) is 6.61 Å². The van der Waals surface area contributed by atoms with Crippen molar-refractivity contribution in [1.29, 1.82) is 0 Å². The van der Waals surface area contributed by atoms with Gasteiger partial charge in [-0.25, -0.2) is 4.79 Å². The first-order valence-corrected chi connectivity index (χ1v) is 1.86. The summed E-state index contributed by atoms with van der Waals surface area (Å²) in [7, 11) is 0. The zero-order valence-corrected chi connectivity index (χ0v) is 3.59. The lowest BCUT2D eigenvalue weighted by Gasteiger charge is -2.02. The van der Waals surface area contributed by atoms with Gasteiger partial charge in [-0.2, -0.15) is 0 Å². The van der Waals surface area contributed by atoms with Crippen molar-refractivity contribution >= 4 is 5.97 Å². The van der Waals surface area contributed by atoms with E-state index in [1.54, 1.807) is 0 Å². The third-order valence-electron chi connectivity index (χ3n) is 0.552. The lowest BCUT2D eigenvalue weighted by Crippen LogP contribution is -2.10. The van der Waals surface area contributed by atoms with E-state index in [2.05, 4.69) is 9.47 Å². The number of rotatable bonds is 0. The van der Waals surface area contributed by atoms with E-state index in [9.17, 15) is 4.79 Å². The summed E-state index contributed by atoms with van der Waals surface area (Å²) in [6.07, 6.45) is 2.55. The lowest BCUT2D eigenvalue weighted by molar-refractivity contribution is -0.143. The van der Waals surface area contributed by atoms with Crippen molar-refractivity contribution in [1.82, 2.24) is 0 Å². The molecule has 38 valence electrons. The Morgan fingerprint density at radius 1 is 1.57 bits per heavy atom. The maximum Gasteiger partial charge on any atom is 0.349 e. The highest BCUT2D eigenvalue weighted by molar-refractivity contribution is 5.71. The van der Waals surface area contributed by atoms with E-state index in [0.717, 1.165) is 0 Å². The van der Waals surface area contributed by atoms with Crippen molar-refractivity contribution < 1.29 is 14.3 Å². The van der Waals surface area contributed by atoms with Gasteiger partial charge >= 0.3 is 5.97 Å². The fraction of sp³-hybridized carbons (Fsp3) is 0.250. The van der Waals surface area contributed by atoms with Gasteiger partial charge in [-0.15, -0.1) is 0 Å². The molecule has 0 aliphatic carbocycles. The van der Waals surface area contributed by atoms with Gasteiger partial charge in [0.25, 0.3) is 0 Å². The molecule has 0 spiro atoms. The van der Waals surface area contributed by atoms with E-state index < -0.39 is 0 Å². The average Bonchev–Trinajstić information content (AvgIpc) is 1.69. The fourth-order valence-corrected chi connectivity index (χ4v) is 0.293. The molecule has 0 saturated heterocycles. The molecule has 0 aromatic heterocycles. The quantitative estimate of drug-likeness (QED) is 0.403. The van der Waals surface area contributed by atoms with Gasteiger partial charge in [-0.1, -0.05) is 0 Å². The van der Waals surface area contributed by atoms with Crippen LogP contribution in [0.4, 0.5) is 0 Å². The molecule has 0 atom stereocenters. The highest BCUT2D eigenvalue weighted by atomic mass is 16.6. The number of carbonyl (C=O) groups excluding carboxylic acids is 1. The Labute approximate surface area is 40.5 Å². The van der Waals surface area contributed by atoms with Crippen molar-refractivity contribution in [2.45, 2.75) is 0 Å². The second-order valence-electron chi connectivity index (χ2n) is 1.07. The first kappa shape index (κ1) is 4.18. The molecular weight excluding hydrogens is 96.0 g/mol. The summed E-state index contributed by atoms with van der Waals surface area (Å²) in [5.41, 5.74) is 0. The van der Waals surface area contributed by atoms with Crippen LogP contribution in [0.1, 0.15) is 0 Å². The molecule has 0 fully saturated rings. The van der Waals surface area contributed by atoms with E-state index >= 15 is 0 Å². The molecule has 0 aromatic carbocycles. The largest absolute Gasteiger partial charge is 0.486 e. The van der Waals surface area contributed by atoms with Crippen LogP contribution in [0.5, 0.6) is 0 Å². The molecule has 3 heteroatoms. The van der Waals surface area contributed by atoms with Crippen LogP contribution in [0, 0.1) is 0 Å². The molecule has 0 aromatic rings. The van der Waals surface area contributed by atoms with E-state index in [4.69, 9.17) is 0 Å². The molecule has 1 heterocycles. The predicted octanol–water partition coefficient (Wildman–Crippen LogP) is 0.0310. The van der Waals surface area contributed by atoms with Crippen LogP contribution in [-0.2, 0) is 14.3 Å². The minimum Gasteiger partial charge on any atom is -0.486 e. The predicted molar refractivity (Wildman–Crippen MR) is 21.2 cm³/mol. The molecule has 0 amide bonds. The van der Waals surface area contributed by atoms with Crippen molar-refractivity contribution in [3.8, 4) is 0 Å². The summed E-state index contributed by atoms with van der Waals surface area (Å²) in [5, 5.41) is 0. The van der Waals surface area contributed by atoms with Gasteiger partial charge in [0, 0.05) is 0 Å². The Morgan fingerprint density at radius 3 is 2.71 bits per heavy atom. The number of hydrogen-bond acceptors (Lipinski definition) is 3. The number of esters is 1. The van der Waals surface area contributed by atoms with Crippen LogP contribution < -0.4 is 0 Å². The van der Waals surface area contributed by atoms with Gasteiger partial charge in [0.1, 0.15) is 12.5 Å². The standard InChI is InChI=1S/C4H4O3/c5-4-3-6-1-2-7-4/h1-2H,3H2. The van der Waals surface area contributed by atoms with E-state index in [-0.39, 0.29) is 12.6 Å². The minimum absolute atomic E-state index is 0.0382. The van der Waals surface area contributed by atoms with Gasteiger partial charge in [-0.05, 0) is 0 Å². The van der Waals surface area contributed by atoms with Crippen molar-refractivity contribution in [3.05, 3.63) is 12.5 Å². The molecular formula is C4H4O3. The van der Waals surface area contributed by atoms with Crippen LogP contribution >= 0.6 is 0 Å². The number of ether oxygens (including phenoxy) is 2. The molecule has 1 aliphatic heterocycles. The molecule has 0 unspecified atom stereocenters. The SMILES string of the molecule is O=C1COC=CO1. The summed E-state index contributed by atoms with van der Waals surface area (Å²) in [6.45, 7) is 0.0382. The second-order valence-corrected chi connectivity index (χ2v) is 1.07. The normalized spacial score (nSPS) is 18.0. The maximum atomic E-state index is 10.1. The van der Waals surface area contributed by atoms with Gasteiger partial charge in [0.15, 0.2) is 6.61 Å². The van der Waals surface area contributed by atoms with Crippen LogP contribution in [-0.4, -0.2) is 12.6 Å². The lowest BCUT2D eigenvalue weighted by atomic mass is 10.7. The molecule has 7 heavy (non-hydrogen) atoms. The summed E-state index contributed by atoms with van der Waals surface area (Å²) in [6, 6.07) is 0. The molecule has 0 radical (unpaired) electrons. The number of cyclic esters (lactones) is 1. The minimum atomic E-state index is -0.345. The van der Waals surface area contributed by atoms with Gasteiger partial charge in [0.2, 0.25) is 0 Å². The Hall–Kier alpha value is -0.990. The zero-order valence-electron chi connectivity index (χ0n) is 3.59. The Bertz CT molecular complexity index is 106. The Kier molecular flexibility index (Phi) is 0.978. The highest BCUT2D eigenvalue weighted by Gasteiger charge is 2.02. The number of hydrogen-bond donors (Lipinski definition) is 0. The molecule has 0 bridgehead atoms. The Balaban J connectivity index is 2.47. The summed E-state index contributed by atoms with van der Waals surface area (Å²) in [5.74, 6) is -0.345. The average molecular weight is 100 g/mol. The topological polar surface area (TPSA) is 35.5 Å².